The van der Waals surface area contributed by atoms with Gasteiger partial charge in [-0.15, -0.1) is 0 Å². The molecule has 2 N–H and O–H groups in total. The smallest absolute Gasteiger partial charge is 0.269 e. The zero-order valence-corrected chi connectivity index (χ0v) is 18.7. The lowest BCUT2D eigenvalue weighted by molar-refractivity contribution is 0.0915. The van der Waals surface area contributed by atoms with Gasteiger partial charge in [-0.2, -0.15) is 10.4 Å². The summed E-state index contributed by atoms with van der Waals surface area (Å²) >= 11 is 0. The molecule has 1 amide bonds. The summed E-state index contributed by atoms with van der Waals surface area (Å²) in [5.41, 5.74) is 1.80. The first kappa shape index (κ1) is 22.9. The van der Waals surface area contributed by atoms with Crippen LogP contribution in [0.2, 0.25) is 0 Å². The molecule has 0 saturated carbocycles. The Hall–Kier alpha value is -3.79. The highest BCUT2D eigenvalue weighted by Gasteiger charge is 2.22. The van der Waals surface area contributed by atoms with Crippen LogP contribution in [0.25, 0.3) is 11.3 Å². The standard InChI is InChI=1S/C25H29N5O2/c1-4-10-19(16-30(3)17-26)18(2)27-25(31)23-15-22(28-29-23)21-13-8-9-14-24(21)32-20-11-6-5-7-12-20/h5-9,11-15,18-19H,4,10,16H2,1-3H3,(H,27,31)(H,28,29). The first-order valence-corrected chi connectivity index (χ1v) is 10.8. The molecule has 1 aromatic heterocycles. The second-order valence-electron chi connectivity index (χ2n) is 7.87. The van der Waals surface area contributed by atoms with E-state index in [0.29, 0.717) is 23.7 Å². The van der Waals surface area contributed by atoms with E-state index in [1.165, 1.54) is 0 Å². The van der Waals surface area contributed by atoms with E-state index in [4.69, 9.17) is 10.00 Å². The molecule has 0 spiro atoms. The van der Waals surface area contributed by atoms with Gasteiger partial charge in [0.1, 0.15) is 17.2 Å². The Morgan fingerprint density at radius 1 is 1.22 bits per heavy atom. The lowest BCUT2D eigenvalue weighted by Crippen LogP contribution is -2.42. The topological polar surface area (TPSA) is 94.0 Å². The van der Waals surface area contributed by atoms with Crippen LogP contribution >= 0.6 is 0 Å². The number of hydrogen-bond acceptors (Lipinski definition) is 5. The Labute approximate surface area is 189 Å². The minimum Gasteiger partial charge on any atom is -0.457 e. The van der Waals surface area contributed by atoms with Gasteiger partial charge in [0, 0.05) is 25.2 Å². The maximum atomic E-state index is 12.8. The number of nitrogens with one attached hydrogen (secondary N) is 2. The molecule has 1 heterocycles. The molecule has 2 aromatic carbocycles. The number of para-hydroxylation sites is 2. The highest BCUT2D eigenvalue weighted by Crippen LogP contribution is 2.32. The molecule has 0 aliphatic rings. The number of amides is 1. The molecule has 0 radical (unpaired) electrons. The van der Waals surface area contributed by atoms with E-state index >= 15 is 0 Å². The third-order valence-corrected chi connectivity index (χ3v) is 5.36. The van der Waals surface area contributed by atoms with Gasteiger partial charge in [0.15, 0.2) is 6.19 Å². The summed E-state index contributed by atoms with van der Waals surface area (Å²) in [4.78, 5) is 14.4. The lowest BCUT2D eigenvalue weighted by atomic mass is 9.95. The molecule has 2 atom stereocenters. The Bertz CT molecular complexity index is 1060. The normalized spacial score (nSPS) is 12.4. The Morgan fingerprint density at radius 3 is 2.66 bits per heavy atom. The molecule has 7 heteroatoms. The summed E-state index contributed by atoms with van der Waals surface area (Å²) in [5.74, 6) is 1.34. The second kappa shape index (κ2) is 11.0. The molecule has 0 bridgehead atoms. The molecule has 0 saturated heterocycles. The SMILES string of the molecule is CCCC(CN(C)C#N)C(C)NC(=O)c1cc(-c2ccccc2Oc2ccccc2)n[nH]1. The van der Waals surface area contributed by atoms with Crippen molar-refractivity contribution < 1.29 is 9.53 Å². The van der Waals surface area contributed by atoms with Crippen molar-refractivity contribution in [2.75, 3.05) is 13.6 Å². The van der Waals surface area contributed by atoms with E-state index < -0.39 is 0 Å². The van der Waals surface area contributed by atoms with Crippen molar-refractivity contribution in [1.29, 1.82) is 5.26 Å². The van der Waals surface area contributed by atoms with E-state index in [9.17, 15) is 4.79 Å². The minimum absolute atomic E-state index is 0.0845. The average molecular weight is 432 g/mol. The van der Waals surface area contributed by atoms with Gasteiger partial charge in [0.05, 0.1) is 5.69 Å². The summed E-state index contributed by atoms with van der Waals surface area (Å²) in [6.45, 7) is 4.68. The molecule has 32 heavy (non-hydrogen) atoms. The highest BCUT2D eigenvalue weighted by atomic mass is 16.5. The zero-order chi connectivity index (χ0) is 22.9. The largest absolute Gasteiger partial charge is 0.457 e. The Balaban J connectivity index is 1.73. The average Bonchev–Trinajstić information content (AvgIpc) is 3.30. The van der Waals surface area contributed by atoms with E-state index in [-0.39, 0.29) is 17.9 Å². The van der Waals surface area contributed by atoms with Gasteiger partial charge in [0.25, 0.3) is 5.91 Å². The van der Waals surface area contributed by atoms with Gasteiger partial charge in [-0.3, -0.25) is 9.89 Å². The number of benzene rings is 2. The molecule has 0 aliphatic heterocycles. The maximum absolute atomic E-state index is 12.8. The summed E-state index contributed by atoms with van der Waals surface area (Å²) < 4.78 is 6.02. The fraction of sp³-hybridized carbons (Fsp3) is 0.320. The molecule has 0 fully saturated rings. The first-order chi connectivity index (χ1) is 15.5. The number of rotatable bonds is 10. The predicted molar refractivity (Wildman–Crippen MR) is 124 cm³/mol. The van der Waals surface area contributed by atoms with Crippen LogP contribution in [0.3, 0.4) is 0 Å². The van der Waals surface area contributed by atoms with Crippen molar-refractivity contribution >= 4 is 5.91 Å². The van der Waals surface area contributed by atoms with Crippen molar-refractivity contribution in [2.45, 2.75) is 32.7 Å². The molecule has 3 aromatic rings. The number of carbonyl (C=O) groups excluding carboxylic acids is 1. The van der Waals surface area contributed by atoms with Crippen LogP contribution in [0.5, 0.6) is 11.5 Å². The third-order valence-electron chi connectivity index (χ3n) is 5.36. The number of carbonyl (C=O) groups is 1. The van der Waals surface area contributed by atoms with Crippen molar-refractivity contribution in [3.63, 3.8) is 0 Å². The molecule has 2 unspecified atom stereocenters. The summed E-state index contributed by atoms with van der Waals surface area (Å²) in [5, 5.41) is 19.3. The number of hydrogen-bond donors (Lipinski definition) is 2. The number of nitrogens with zero attached hydrogens (tertiary/aromatic N) is 3. The molecular formula is C25H29N5O2. The second-order valence-corrected chi connectivity index (χ2v) is 7.87. The Kier molecular flexibility index (Phi) is 7.87. The van der Waals surface area contributed by atoms with E-state index in [2.05, 4.69) is 28.6 Å². The quantitative estimate of drug-likeness (QED) is 0.355. The van der Waals surface area contributed by atoms with Gasteiger partial charge < -0.3 is 15.0 Å². The molecule has 166 valence electrons. The summed E-state index contributed by atoms with van der Waals surface area (Å²) in [6, 6.07) is 18.8. The van der Waals surface area contributed by atoms with Gasteiger partial charge in [-0.25, -0.2) is 0 Å². The number of ether oxygens (including phenoxy) is 1. The van der Waals surface area contributed by atoms with Crippen molar-refractivity contribution in [2.24, 2.45) is 5.92 Å². The van der Waals surface area contributed by atoms with Gasteiger partial charge in [0.2, 0.25) is 0 Å². The molecular weight excluding hydrogens is 402 g/mol. The number of nitriles is 1. The zero-order valence-electron chi connectivity index (χ0n) is 18.7. The van der Waals surface area contributed by atoms with Crippen LogP contribution < -0.4 is 10.1 Å². The van der Waals surface area contributed by atoms with Crippen molar-refractivity contribution in [3.8, 4) is 28.9 Å². The van der Waals surface area contributed by atoms with Gasteiger partial charge in [-0.05, 0) is 49.6 Å². The summed E-state index contributed by atoms with van der Waals surface area (Å²) in [6.07, 6.45) is 4.04. The predicted octanol–water partition coefficient (Wildman–Crippen LogP) is 4.82. The van der Waals surface area contributed by atoms with Crippen molar-refractivity contribution in [1.82, 2.24) is 20.4 Å². The van der Waals surface area contributed by atoms with Crippen LogP contribution in [0, 0.1) is 17.4 Å². The molecule has 3 rings (SSSR count). The number of H-pyrrole nitrogens is 1. The minimum atomic E-state index is -0.224. The lowest BCUT2D eigenvalue weighted by Gasteiger charge is -2.26. The van der Waals surface area contributed by atoms with Crippen LogP contribution in [0.15, 0.2) is 60.7 Å². The van der Waals surface area contributed by atoms with Gasteiger partial charge in [-0.1, -0.05) is 43.7 Å². The van der Waals surface area contributed by atoms with Crippen molar-refractivity contribution in [3.05, 3.63) is 66.4 Å². The Morgan fingerprint density at radius 2 is 1.94 bits per heavy atom. The van der Waals surface area contributed by atoms with Gasteiger partial charge >= 0.3 is 0 Å². The van der Waals surface area contributed by atoms with Crippen LogP contribution in [-0.2, 0) is 0 Å². The number of aromatic nitrogens is 2. The monoisotopic (exact) mass is 431 g/mol. The fourth-order valence-corrected chi connectivity index (χ4v) is 3.62. The third kappa shape index (κ3) is 5.88. The van der Waals surface area contributed by atoms with Crippen LogP contribution in [0.1, 0.15) is 37.2 Å². The maximum Gasteiger partial charge on any atom is 0.269 e. The molecule has 7 nitrogen and oxygen atoms in total. The number of aromatic amines is 1. The fourth-order valence-electron chi connectivity index (χ4n) is 3.62. The van der Waals surface area contributed by atoms with E-state index in [1.807, 2.05) is 61.5 Å². The van der Waals surface area contributed by atoms with E-state index in [0.717, 1.165) is 24.2 Å². The van der Waals surface area contributed by atoms with Crippen LogP contribution in [0.4, 0.5) is 0 Å². The first-order valence-electron chi connectivity index (χ1n) is 10.8. The van der Waals surface area contributed by atoms with E-state index in [1.54, 1.807) is 18.0 Å². The highest BCUT2D eigenvalue weighted by molar-refractivity contribution is 5.93. The van der Waals surface area contributed by atoms with Crippen LogP contribution in [-0.4, -0.2) is 40.6 Å². The summed E-state index contributed by atoms with van der Waals surface area (Å²) in [7, 11) is 1.76. The molecule has 0 aliphatic carbocycles.